The summed E-state index contributed by atoms with van der Waals surface area (Å²) >= 11 is 1.63. The van der Waals surface area contributed by atoms with E-state index in [9.17, 15) is 9.59 Å². The van der Waals surface area contributed by atoms with E-state index in [-0.39, 0.29) is 5.91 Å². The molecular weight excluding hydrogens is 250 g/mol. The average Bonchev–Trinajstić information content (AvgIpc) is 2.38. The van der Waals surface area contributed by atoms with Gasteiger partial charge < -0.3 is 10.0 Å². The van der Waals surface area contributed by atoms with E-state index in [0.29, 0.717) is 24.3 Å². The number of nitrogens with zero attached hydrogens (tertiary/aromatic N) is 1. The van der Waals surface area contributed by atoms with Crippen molar-refractivity contribution in [2.45, 2.75) is 13.3 Å². The molecule has 5 heteroatoms. The Morgan fingerprint density at radius 2 is 2.28 bits per heavy atom. The molecule has 0 aromatic heterocycles. The van der Waals surface area contributed by atoms with Crippen LogP contribution in [-0.2, 0) is 11.2 Å². The first kappa shape index (κ1) is 13.0. The quantitative estimate of drug-likeness (QED) is 0.908. The van der Waals surface area contributed by atoms with Crippen LogP contribution in [0.1, 0.15) is 22.8 Å². The van der Waals surface area contributed by atoms with E-state index < -0.39 is 5.97 Å². The standard InChI is InChI=1S/C13H15NO3S/c1-2-9-7-10(3-4-11(9)13(16)17)14-5-6-18-8-12(14)15/h3-4,7H,2,5-6,8H2,1H3,(H,16,17). The van der Waals surface area contributed by atoms with Gasteiger partial charge in [-0.3, -0.25) is 4.79 Å². The van der Waals surface area contributed by atoms with Gasteiger partial charge in [0.1, 0.15) is 0 Å². The van der Waals surface area contributed by atoms with Crippen molar-refractivity contribution < 1.29 is 14.7 Å². The van der Waals surface area contributed by atoms with Gasteiger partial charge in [0.25, 0.3) is 0 Å². The van der Waals surface area contributed by atoms with E-state index in [4.69, 9.17) is 5.11 Å². The summed E-state index contributed by atoms with van der Waals surface area (Å²) in [6.07, 6.45) is 0.645. The third-order valence-electron chi connectivity index (χ3n) is 3.00. The van der Waals surface area contributed by atoms with Crippen LogP contribution in [0.25, 0.3) is 0 Å². The van der Waals surface area contributed by atoms with Crippen LogP contribution in [0.4, 0.5) is 5.69 Å². The molecule has 18 heavy (non-hydrogen) atoms. The Morgan fingerprint density at radius 3 is 2.89 bits per heavy atom. The fraction of sp³-hybridized carbons (Fsp3) is 0.385. The lowest BCUT2D eigenvalue weighted by molar-refractivity contribution is -0.116. The van der Waals surface area contributed by atoms with Gasteiger partial charge in [0.15, 0.2) is 0 Å². The molecule has 1 N–H and O–H groups in total. The van der Waals surface area contributed by atoms with Gasteiger partial charge in [-0.25, -0.2) is 4.79 Å². The first-order valence-corrected chi connectivity index (χ1v) is 7.03. The lowest BCUT2D eigenvalue weighted by Gasteiger charge is -2.27. The molecule has 4 nitrogen and oxygen atoms in total. The summed E-state index contributed by atoms with van der Waals surface area (Å²) < 4.78 is 0. The molecule has 0 unspecified atom stereocenters. The van der Waals surface area contributed by atoms with Crippen molar-refractivity contribution in [2.24, 2.45) is 0 Å². The lowest BCUT2D eigenvalue weighted by Crippen LogP contribution is -2.38. The predicted octanol–water partition coefficient (Wildman–Crippen LogP) is 2.03. The number of carboxylic acids is 1. The van der Waals surface area contributed by atoms with Gasteiger partial charge >= 0.3 is 5.97 Å². The number of amides is 1. The first-order valence-electron chi connectivity index (χ1n) is 5.87. The fourth-order valence-corrected chi connectivity index (χ4v) is 2.83. The lowest BCUT2D eigenvalue weighted by atomic mass is 10.0. The molecule has 1 aliphatic rings. The zero-order valence-electron chi connectivity index (χ0n) is 10.2. The molecule has 96 valence electrons. The zero-order chi connectivity index (χ0) is 13.1. The summed E-state index contributed by atoms with van der Waals surface area (Å²) in [5.41, 5.74) is 1.90. The molecule has 1 saturated heterocycles. The zero-order valence-corrected chi connectivity index (χ0v) is 11.0. The van der Waals surface area contributed by atoms with Crippen LogP contribution in [0.15, 0.2) is 18.2 Å². The van der Waals surface area contributed by atoms with Crippen molar-refractivity contribution in [3.63, 3.8) is 0 Å². The second kappa shape index (κ2) is 5.44. The van der Waals surface area contributed by atoms with Gasteiger partial charge in [-0.15, -0.1) is 0 Å². The van der Waals surface area contributed by atoms with Gasteiger partial charge in [-0.2, -0.15) is 11.8 Å². The first-order chi connectivity index (χ1) is 8.63. The highest BCUT2D eigenvalue weighted by atomic mass is 32.2. The maximum atomic E-state index is 11.8. The average molecular weight is 265 g/mol. The van der Waals surface area contributed by atoms with E-state index in [1.54, 1.807) is 28.8 Å². The SMILES string of the molecule is CCc1cc(N2CCSCC2=O)ccc1C(=O)O. The molecule has 1 aromatic carbocycles. The minimum absolute atomic E-state index is 0.0939. The number of carbonyl (C=O) groups excluding carboxylic acids is 1. The summed E-state index contributed by atoms with van der Waals surface area (Å²) in [7, 11) is 0. The van der Waals surface area contributed by atoms with Gasteiger partial charge in [-0.05, 0) is 30.2 Å². The molecular formula is C13H15NO3S. The second-order valence-corrected chi connectivity index (χ2v) is 5.20. The molecule has 0 bridgehead atoms. The van der Waals surface area contributed by atoms with Crippen LogP contribution in [0, 0.1) is 0 Å². The van der Waals surface area contributed by atoms with E-state index in [2.05, 4.69) is 0 Å². The Labute approximate surface area is 110 Å². The molecule has 0 radical (unpaired) electrons. The summed E-state index contributed by atoms with van der Waals surface area (Å²) in [6, 6.07) is 5.12. The number of anilines is 1. The topological polar surface area (TPSA) is 57.6 Å². The minimum atomic E-state index is -0.918. The fourth-order valence-electron chi connectivity index (χ4n) is 2.04. The molecule has 0 atom stereocenters. The highest BCUT2D eigenvalue weighted by molar-refractivity contribution is 8.00. The molecule has 2 rings (SSSR count). The minimum Gasteiger partial charge on any atom is -0.478 e. The number of aryl methyl sites for hydroxylation is 1. The summed E-state index contributed by atoms with van der Waals surface area (Å²) in [6.45, 7) is 2.61. The Kier molecular flexibility index (Phi) is 3.91. The van der Waals surface area contributed by atoms with Gasteiger partial charge in [0, 0.05) is 18.0 Å². The molecule has 1 aliphatic heterocycles. The number of carboxylic acid groups (broad SMARTS) is 1. The highest BCUT2D eigenvalue weighted by Gasteiger charge is 2.21. The molecule has 0 aliphatic carbocycles. The van der Waals surface area contributed by atoms with E-state index in [1.165, 1.54) is 0 Å². The van der Waals surface area contributed by atoms with Crippen LogP contribution in [-0.4, -0.2) is 35.0 Å². The normalized spacial score (nSPS) is 15.8. The Hall–Kier alpha value is -1.49. The number of rotatable bonds is 3. The van der Waals surface area contributed by atoms with Gasteiger partial charge in [0.05, 0.1) is 11.3 Å². The number of thioether (sulfide) groups is 1. The van der Waals surface area contributed by atoms with Crippen molar-refractivity contribution in [1.82, 2.24) is 0 Å². The maximum Gasteiger partial charge on any atom is 0.335 e. The summed E-state index contributed by atoms with van der Waals surface area (Å²) in [5, 5.41) is 9.07. The number of hydrogen-bond donors (Lipinski definition) is 1. The molecule has 0 saturated carbocycles. The van der Waals surface area contributed by atoms with Crippen LogP contribution in [0.5, 0.6) is 0 Å². The number of hydrogen-bond acceptors (Lipinski definition) is 3. The van der Waals surface area contributed by atoms with E-state index >= 15 is 0 Å². The second-order valence-electron chi connectivity index (χ2n) is 4.10. The van der Waals surface area contributed by atoms with E-state index in [1.807, 2.05) is 13.0 Å². The maximum absolute atomic E-state index is 11.8. The summed E-state index contributed by atoms with van der Waals surface area (Å²) in [5.74, 6) is 0.603. The van der Waals surface area contributed by atoms with Crippen LogP contribution >= 0.6 is 11.8 Å². The van der Waals surface area contributed by atoms with E-state index in [0.717, 1.165) is 17.0 Å². The number of aromatic carboxylic acids is 1. The van der Waals surface area contributed by atoms with Crippen LogP contribution < -0.4 is 4.90 Å². The Morgan fingerprint density at radius 1 is 1.50 bits per heavy atom. The molecule has 0 spiro atoms. The van der Waals surface area contributed by atoms with Crippen LogP contribution in [0.3, 0.4) is 0 Å². The largest absolute Gasteiger partial charge is 0.478 e. The molecule has 1 amide bonds. The number of carbonyl (C=O) groups is 2. The van der Waals surface area contributed by atoms with Gasteiger partial charge in [0.2, 0.25) is 5.91 Å². The third-order valence-corrected chi connectivity index (χ3v) is 3.92. The van der Waals surface area contributed by atoms with Crippen molar-refractivity contribution in [3.8, 4) is 0 Å². The summed E-state index contributed by atoms with van der Waals surface area (Å²) in [4.78, 5) is 24.6. The molecule has 1 fully saturated rings. The Bertz CT molecular complexity index is 487. The van der Waals surface area contributed by atoms with Crippen molar-refractivity contribution in [3.05, 3.63) is 29.3 Å². The van der Waals surface area contributed by atoms with Crippen LogP contribution in [0.2, 0.25) is 0 Å². The monoisotopic (exact) mass is 265 g/mol. The molecule has 1 heterocycles. The Balaban J connectivity index is 2.34. The van der Waals surface area contributed by atoms with Crippen molar-refractivity contribution >= 4 is 29.3 Å². The smallest absolute Gasteiger partial charge is 0.335 e. The van der Waals surface area contributed by atoms with Crippen molar-refractivity contribution in [1.29, 1.82) is 0 Å². The van der Waals surface area contributed by atoms with Crippen molar-refractivity contribution in [2.75, 3.05) is 23.0 Å². The highest BCUT2D eigenvalue weighted by Crippen LogP contribution is 2.24. The number of benzene rings is 1. The predicted molar refractivity (Wildman–Crippen MR) is 72.5 cm³/mol. The third kappa shape index (κ3) is 2.51. The van der Waals surface area contributed by atoms with Gasteiger partial charge in [-0.1, -0.05) is 6.92 Å². The molecule has 1 aromatic rings.